The Bertz CT molecular complexity index is 548. The molecule has 2 amide bonds. The van der Waals surface area contributed by atoms with Gasteiger partial charge >= 0.3 is 0 Å². The van der Waals surface area contributed by atoms with Crippen LogP contribution in [0.2, 0.25) is 5.02 Å². The Morgan fingerprint density at radius 2 is 2.14 bits per heavy atom. The van der Waals surface area contributed by atoms with Crippen LogP contribution in [0.4, 0.5) is 5.69 Å². The first-order valence-corrected chi connectivity index (χ1v) is 7.47. The molecule has 0 saturated carbocycles. The van der Waals surface area contributed by atoms with E-state index in [0.717, 1.165) is 12.1 Å². The first-order chi connectivity index (χ1) is 10.0. The number of nitrogens with zero attached hydrogens (tertiary/aromatic N) is 2. The van der Waals surface area contributed by atoms with E-state index in [9.17, 15) is 9.59 Å². The lowest BCUT2D eigenvalue weighted by Crippen LogP contribution is -2.38. The maximum atomic E-state index is 12.7. The maximum Gasteiger partial charge on any atom is 0.256 e. The van der Waals surface area contributed by atoms with Crippen LogP contribution in [0, 0.1) is 0 Å². The van der Waals surface area contributed by atoms with Gasteiger partial charge in [0.1, 0.15) is 6.54 Å². The number of anilines is 1. The molecule has 0 spiro atoms. The smallest absolute Gasteiger partial charge is 0.256 e. The van der Waals surface area contributed by atoms with Crippen LogP contribution in [0.3, 0.4) is 0 Å². The third kappa shape index (κ3) is 3.67. The van der Waals surface area contributed by atoms with E-state index in [1.807, 2.05) is 6.92 Å². The van der Waals surface area contributed by atoms with Crippen LogP contribution < -0.4 is 5.32 Å². The molecule has 2 rings (SSSR count). The van der Waals surface area contributed by atoms with Crippen LogP contribution in [-0.4, -0.2) is 54.8 Å². The topological polar surface area (TPSA) is 52.7 Å². The van der Waals surface area contributed by atoms with Crippen LogP contribution in [0.15, 0.2) is 18.2 Å². The highest BCUT2D eigenvalue weighted by atomic mass is 35.5. The number of rotatable bonds is 3. The van der Waals surface area contributed by atoms with Crippen LogP contribution >= 0.6 is 11.6 Å². The molecule has 0 aliphatic carbocycles. The van der Waals surface area contributed by atoms with Crippen molar-refractivity contribution in [2.24, 2.45) is 0 Å². The monoisotopic (exact) mass is 309 g/mol. The minimum atomic E-state index is -0.155. The van der Waals surface area contributed by atoms with Crippen LogP contribution in [0.1, 0.15) is 23.7 Å². The number of amides is 2. The Labute approximate surface area is 129 Å². The van der Waals surface area contributed by atoms with Crippen molar-refractivity contribution in [2.75, 3.05) is 38.5 Å². The number of carbonyl (C=O) groups excluding carboxylic acids is 2. The van der Waals surface area contributed by atoms with Gasteiger partial charge in [0.2, 0.25) is 5.91 Å². The second-order valence-corrected chi connectivity index (χ2v) is 5.55. The number of likely N-dealkylation sites (N-methyl/N-ethyl adjacent to an activating group) is 1. The largest absolute Gasteiger partial charge is 0.385 e. The summed E-state index contributed by atoms with van der Waals surface area (Å²) in [6.45, 7) is 4.05. The van der Waals surface area contributed by atoms with E-state index in [2.05, 4.69) is 5.32 Å². The molecule has 1 saturated heterocycles. The number of hydrogen-bond donors (Lipinski definition) is 1. The van der Waals surface area contributed by atoms with Gasteiger partial charge in [-0.25, -0.2) is 0 Å². The van der Waals surface area contributed by atoms with Crippen LogP contribution in [0.25, 0.3) is 0 Å². The van der Waals surface area contributed by atoms with E-state index in [4.69, 9.17) is 11.6 Å². The Balaban J connectivity index is 2.26. The third-order valence-corrected chi connectivity index (χ3v) is 3.77. The molecule has 0 bridgehead atoms. The fraction of sp³-hybridized carbons (Fsp3) is 0.467. The molecule has 1 N–H and O–H groups in total. The van der Waals surface area contributed by atoms with Crippen LogP contribution in [0.5, 0.6) is 0 Å². The first-order valence-electron chi connectivity index (χ1n) is 7.09. The van der Waals surface area contributed by atoms with Gasteiger partial charge in [0, 0.05) is 37.4 Å². The normalized spacial score (nSPS) is 15.9. The van der Waals surface area contributed by atoms with Gasteiger partial charge in [-0.2, -0.15) is 0 Å². The summed E-state index contributed by atoms with van der Waals surface area (Å²) in [5.74, 6) is -0.190. The molecule has 0 atom stereocenters. The number of benzene rings is 1. The standard InChI is InChI=1S/C15H20ClN3O2/c1-3-17-13-6-5-11(16)9-12(13)15(21)19-8-4-7-18(2)14(20)10-19/h5-6,9,17H,3-4,7-8,10H2,1-2H3. The van der Waals surface area contributed by atoms with Gasteiger partial charge in [-0.1, -0.05) is 11.6 Å². The molecule has 1 aromatic rings. The molecule has 6 heteroatoms. The predicted molar refractivity (Wildman–Crippen MR) is 83.8 cm³/mol. The zero-order valence-electron chi connectivity index (χ0n) is 12.4. The molecule has 1 fully saturated rings. The predicted octanol–water partition coefficient (Wildman–Crippen LogP) is 2.08. The summed E-state index contributed by atoms with van der Waals surface area (Å²) in [6, 6.07) is 5.20. The summed E-state index contributed by atoms with van der Waals surface area (Å²) in [5.41, 5.74) is 1.26. The maximum absolute atomic E-state index is 12.7. The molecule has 1 aliphatic rings. The zero-order valence-corrected chi connectivity index (χ0v) is 13.1. The number of carbonyl (C=O) groups is 2. The minimum absolute atomic E-state index is 0.0344. The van der Waals surface area contributed by atoms with Gasteiger partial charge in [-0.3, -0.25) is 9.59 Å². The van der Waals surface area contributed by atoms with Gasteiger partial charge in [-0.15, -0.1) is 0 Å². The van der Waals surface area contributed by atoms with E-state index >= 15 is 0 Å². The van der Waals surface area contributed by atoms with Crippen molar-refractivity contribution >= 4 is 29.1 Å². The fourth-order valence-electron chi connectivity index (χ4n) is 2.37. The number of halogens is 1. The summed E-state index contributed by atoms with van der Waals surface area (Å²) in [7, 11) is 1.76. The first kappa shape index (κ1) is 15.6. The lowest BCUT2D eigenvalue weighted by atomic mass is 10.1. The highest BCUT2D eigenvalue weighted by Crippen LogP contribution is 2.23. The van der Waals surface area contributed by atoms with Gasteiger partial charge < -0.3 is 15.1 Å². The Kier molecular flexibility index (Phi) is 5.07. The number of hydrogen-bond acceptors (Lipinski definition) is 3. The SMILES string of the molecule is CCNc1ccc(Cl)cc1C(=O)N1CCCN(C)C(=O)C1. The summed E-state index contributed by atoms with van der Waals surface area (Å²) in [5, 5.41) is 3.67. The molecule has 0 aromatic heterocycles. The van der Waals surface area contributed by atoms with E-state index in [0.29, 0.717) is 30.2 Å². The second-order valence-electron chi connectivity index (χ2n) is 5.12. The summed E-state index contributed by atoms with van der Waals surface area (Å²) >= 11 is 6.01. The molecule has 1 heterocycles. The highest BCUT2D eigenvalue weighted by Gasteiger charge is 2.25. The van der Waals surface area contributed by atoms with Crippen LogP contribution in [-0.2, 0) is 4.79 Å². The van der Waals surface area contributed by atoms with E-state index < -0.39 is 0 Å². The summed E-state index contributed by atoms with van der Waals surface area (Å²) < 4.78 is 0. The van der Waals surface area contributed by atoms with Crippen molar-refractivity contribution in [1.29, 1.82) is 0 Å². The average molecular weight is 310 g/mol. The van der Waals surface area contributed by atoms with Crippen molar-refractivity contribution in [2.45, 2.75) is 13.3 Å². The lowest BCUT2D eigenvalue weighted by Gasteiger charge is -2.21. The summed E-state index contributed by atoms with van der Waals surface area (Å²) in [6.07, 6.45) is 0.783. The third-order valence-electron chi connectivity index (χ3n) is 3.54. The molecule has 21 heavy (non-hydrogen) atoms. The fourth-order valence-corrected chi connectivity index (χ4v) is 2.54. The van der Waals surface area contributed by atoms with Crippen molar-refractivity contribution < 1.29 is 9.59 Å². The molecule has 1 aromatic carbocycles. The Hall–Kier alpha value is -1.75. The molecule has 0 radical (unpaired) electrons. The second kappa shape index (κ2) is 6.80. The molecule has 1 aliphatic heterocycles. The zero-order chi connectivity index (χ0) is 15.4. The average Bonchev–Trinajstić information content (AvgIpc) is 2.62. The van der Waals surface area contributed by atoms with Gasteiger partial charge in [0.25, 0.3) is 5.91 Å². The van der Waals surface area contributed by atoms with Gasteiger partial charge in [0.15, 0.2) is 0 Å². The van der Waals surface area contributed by atoms with Crippen molar-refractivity contribution in [3.63, 3.8) is 0 Å². The van der Waals surface area contributed by atoms with E-state index in [1.165, 1.54) is 0 Å². The van der Waals surface area contributed by atoms with Crippen molar-refractivity contribution in [1.82, 2.24) is 9.80 Å². The minimum Gasteiger partial charge on any atom is -0.385 e. The molecule has 114 valence electrons. The van der Waals surface area contributed by atoms with Gasteiger partial charge in [-0.05, 0) is 31.5 Å². The van der Waals surface area contributed by atoms with Crippen molar-refractivity contribution in [3.05, 3.63) is 28.8 Å². The quantitative estimate of drug-likeness (QED) is 0.930. The molecular weight excluding hydrogens is 290 g/mol. The Morgan fingerprint density at radius 3 is 2.86 bits per heavy atom. The molecule has 0 unspecified atom stereocenters. The van der Waals surface area contributed by atoms with Gasteiger partial charge in [0.05, 0.1) is 5.56 Å². The highest BCUT2D eigenvalue weighted by molar-refractivity contribution is 6.31. The van der Waals surface area contributed by atoms with E-state index in [-0.39, 0.29) is 18.4 Å². The summed E-state index contributed by atoms with van der Waals surface area (Å²) in [4.78, 5) is 27.9. The lowest BCUT2D eigenvalue weighted by molar-refractivity contribution is -0.129. The molecule has 5 nitrogen and oxygen atoms in total. The van der Waals surface area contributed by atoms with Crippen molar-refractivity contribution in [3.8, 4) is 0 Å². The van der Waals surface area contributed by atoms with E-state index in [1.54, 1.807) is 35.0 Å². The molecular formula is C15H20ClN3O2. The Morgan fingerprint density at radius 1 is 1.38 bits per heavy atom. The number of nitrogens with one attached hydrogen (secondary N) is 1.